The molecule has 0 spiro atoms. The van der Waals surface area contributed by atoms with Crippen LogP contribution in [-0.2, 0) is 19.1 Å². The van der Waals surface area contributed by atoms with Crippen molar-refractivity contribution in [3.05, 3.63) is 0 Å². The molecule has 2 unspecified atom stereocenters. The molecule has 0 aliphatic carbocycles. The van der Waals surface area contributed by atoms with Gasteiger partial charge in [0.25, 0.3) is 0 Å². The van der Waals surface area contributed by atoms with Crippen LogP contribution in [0, 0.1) is 0 Å². The van der Waals surface area contributed by atoms with Gasteiger partial charge in [0.05, 0.1) is 31.6 Å². The number of ether oxygens (including phenoxy) is 1. The molecule has 7 nitrogen and oxygen atoms in total. The van der Waals surface area contributed by atoms with Crippen molar-refractivity contribution in [2.45, 2.75) is 31.9 Å². The second-order valence-corrected chi connectivity index (χ2v) is 4.12. The summed E-state index contributed by atoms with van der Waals surface area (Å²) in [6, 6.07) is -0.612. The lowest BCUT2D eigenvalue weighted by Gasteiger charge is -2.14. The van der Waals surface area contributed by atoms with Gasteiger partial charge in [-0.15, -0.1) is 0 Å². The molecule has 7 heteroatoms. The predicted molar refractivity (Wildman–Crippen MR) is 61.4 cm³/mol. The Hall–Kier alpha value is -1.47. The highest BCUT2D eigenvalue weighted by molar-refractivity contribution is 6.05. The lowest BCUT2D eigenvalue weighted by Crippen LogP contribution is -2.41. The fraction of sp³-hybridized carbons (Fsp3) is 0.727. The van der Waals surface area contributed by atoms with Crippen LogP contribution in [-0.4, -0.2) is 60.1 Å². The Kier molecular flexibility index (Phi) is 5.24. The largest absolute Gasteiger partial charge is 0.466 e. The van der Waals surface area contributed by atoms with Crippen molar-refractivity contribution < 1.29 is 24.2 Å². The molecule has 2 N–H and O–H groups in total. The summed E-state index contributed by atoms with van der Waals surface area (Å²) < 4.78 is 4.68. The summed E-state index contributed by atoms with van der Waals surface area (Å²) >= 11 is 0. The fourth-order valence-corrected chi connectivity index (χ4v) is 1.68. The molecule has 18 heavy (non-hydrogen) atoms. The van der Waals surface area contributed by atoms with E-state index in [4.69, 9.17) is 0 Å². The first-order valence-corrected chi connectivity index (χ1v) is 5.83. The lowest BCUT2D eigenvalue weighted by atomic mass is 10.2. The van der Waals surface area contributed by atoms with Gasteiger partial charge in [-0.2, -0.15) is 0 Å². The van der Waals surface area contributed by atoms with Crippen molar-refractivity contribution in [3.8, 4) is 0 Å². The molecule has 0 bridgehead atoms. The number of hydrogen-bond donors (Lipinski definition) is 2. The summed E-state index contributed by atoms with van der Waals surface area (Å²) in [5, 5.41) is 12.3. The molecule has 0 aromatic carbocycles. The van der Waals surface area contributed by atoms with Crippen LogP contribution in [0.1, 0.15) is 19.8 Å². The highest BCUT2D eigenvalue weighted by atomic mass is 16.5. The molecule has 0 aromatic heterocycles. The summed E-state index contributed by atoms with van der Waals surface area (Å²) in [5.41, 5.74) is 0. The van der Waals surface area contributed by atoms with Gasteiger partial charge in [-0.1, -0.05) is 0 Å². The average Bonchev–Trinajstić information content (AvgIpc) is 2.54. The molecule has 1 saturated heterocycles. The third kappa shape index (κ3) is 3.78. The molecule has 102 valence electrons. The van der Waals surface area contributed by atoms with Gasteiger partial charge in [0.15, 0.2) is 0 Å². The van der Waals surface area contributed by atoms with Crippen LogP contribution in [0.25, 0.3) is 0 Å². The van der Waals surface area contributed by atoms with Gasteiger partial charge in [-0.05, 0) is 6.92 Å². The normalized spacial score (nSPS) is 21.3. The maximum Gasteiger partial charge on any atom is 0.308 e. The van der Waals surface area contributed by atoms with E-state index in [0.717, 1.165) is 4.90 Å². The minimum Gasteiger partial charge on any atom is -0.466 e. The van der Waals surface area contributed by atoms with E-state index in [1.807, 2.05) is 0 Å². The topological polar surface area (TPSA) is 95.9 Å². The number of likely N-dealkylation sites (N-methyl/N-ethyl adjacent to an activating group) is 1. The van der Waals surface area contributed by atoms with Gasteiger partial charge in [-0.3, -0.25) is 19.3 Å². The predicted octanol–water partition coefficient (Wildman–Crippen LogP) is -1.35. The third-order valence-electron chi connectivity index (χ3n) is 2.69. The Labute approximate surface area is 105 Å². The summed E-state index contributed by atoms with van der Waals surface area (Å²) in [4.78, 5) is 34.9. The molecule has 1 fully saturated rings. The second kappa shape index (κ2) is 6.46. The van der Waals surface area contributed by atoms with Crippen molar-refractivity contribution in [2.75, 3.05) is 20.2 Å². The van der Waals surface area contributed by atoms with E-state index in [2.05, 4.69) is 10.1 Å². The Morgan fingerprint density at radius 2 is 2.28 bits per heavy atom. The Morgan fingerprint density at radius 3 is 2.78 bits per heavy atom. The smallest absolute Gasteiger partial charge is 0.308 e. The van der Waals surface area contributed by atoms with Gasteiger partial charge < -0.3 is 15.2 Å². The number of carbonyl (C=O) groups excluding carboxylic acids is 3. The van der Waals surface area contributed by atoms with Crippen molar-refractivity contribution >= 4 is 17.8 Å². The molecule has 0 radical (unpaired) electrons. The second-order valence-electron chi connectivity index (χ2n) is 4.12. The number of likely N-dealkylation sites (tertiary alicyclic amines) is 1. The molecule has 2 amide bonds. The Balaban J connectivity index is 2.31. The van der Waals surface area contributed by atoms with Crippen molar-refractivity contribution in [2.24, 2.45) is 0 Å². The molecule has 1 rings (SSSR count). The number of rotatable bonds is 6. The standard InChI is InChI=1S/C11H18N2O5/c1-3-18-10(16)4-7(14)6-12-8-5-9(15)13(2)11(8)17/h7-8,12,14H,3-6H2,1-2H3. The van der Waals surface area contributed by atoms with Crippen molar-refractivity contribution in [1.29, 1.82) is 0 Å². The first kappa shape index (κ1) is 14.6. The number of hydrogen-bond acceptors (Lipinski definition) is 6. The summed E-state index contributed by atoms with van der Waals surface area (Å²) in [7, 11) is 1.42. The highest BCUT2D eigenvalue weighted by Crippen LogP contribution is 2.10. The molecule has 1 aliphatic heterocycles. The summed E-state index contributed by atoms with van der Waals surface area (Å²) in [5.74, 6) is -1.06. The van der Waals surface area contributed by atoms with E-state index >= 15 is 0 Å². The SMILES string of the molecule is CCOC(=O)CC(O)CNC1CC(=O)N(C)C1=O. The molecule has 2 atom stereocenters. The minimum atomic E-state index is -0.933. The maximum absolute atomic E-state index is 11.5. The average molecular weight is 258 g/mol. The third-order valence-corrected chi connectivity index (χ3v) is 2.69. The first-order chi connectivity index (χ1) is 8.45. The fourth-order valence-electron chi connectivity index (χ4n) is 1.68. The van der Waals surface area contributed by atoms with Crippen LogP contribution in [0.15, 0.2) is 0 Å². The van der Waals surface area contributed by atoms with Gasteiger partial charge in [0.1, 0.15) is 0 Å². The molecular weight excluding hydrogens is 240 g/mol. The maximum atomic E-state index is 11.5. The van der Waals surface area contributed by atoms with E-state index in [1.54, 1.807) is 6.92 Å². The number of aliphatic hydroxyl groups is 1. The van der Waals surface area contributed by atoms with Gasteiger partial charge in [0.2, 0.25) is 11.8 Å². The van der Waals surface area contributed by atoms with Crippen LogP contribution in [0.5, 0.6) is 0 Å². The quantitative estimate of drug-likeness (QED) is 0.451. The summed E-state index contributed by atoms with van der Waals surface area (Å²) in [6.07, 6.45) is -0.981. The number of carbonyl (C=O) groups is 3. The van der Waals surface area contributed by atoms with Crippen LogP contribution < -0.4 is 5.32 Å². The number of imide groups is 1. The van der Waals surface area contributed by atoms with E-state index in [1.165, 1.54) is 7.05 Å². The first-order valence-electron chi connectivity index (χ1n) is 5.83. The Morgan fingerprint density at radius 1 is 1.61 bits per heavy atom. The zero-order chi connectivity index (χ0) is 13.7. The molecule has 0 aromatic rings. The van der Waals surface area contributed by atoms with Crippen LogP contribution >= 0.6 is 0 Å². The summed E-state index contributed by atoms with van der Waals surface area (Å²) in [6.45, 7) is 2.01. The number of nitrogens with zero attached hydrogens (tertiary/aromatic N) is 1. The Bertz CT molecular complexity index is 344. The van der Waals surface area contributed by atoms with Gasteiger partial charge >= 0.3 is 5.97 Å². The zero-order valence-corrected chi connectivity index (χ0v) is 10.5. The van der Waals surface area contributed by atoms with Gasteiger partial charge in [-0.25, -0.2) is 0 Å². The number of esters is 1. The van der Waals surface area contributed by atoms with Crippen molar-refractivity contribution in [3.63, 3.8) is 0 Å². The molecular formula is C11H18N2O5. The van der Waals surface area contributed by atoms with E-state index in [-0.39, 0.29) is 37.8 Å². The van der Waals surface area contributed by atoms with Crippen LogP contribution in [0.3, 0.4) is 0 Å². The lowest BCUT2D eigenvalue weighted by molar-refractivity contribution is -0.145. The number of aliphatic hydroxyl groups excluding tert-OH is 1. The monoisotopic (exact) mass is 258 g/mol. The zero-order valence-electron chi connectivity index (χ0n) is 10.5. The van der Waals surface area contributed by atoms with Crippen molar-refractivity contribution in [1.82, 2.24) is 10.2 Å². The van der Waals surface area contributed by atoms with E-state index in [0.29, 0.717) is 0 Å². The van der Waals surface area contributed by atoms with E-state index < -0.39 is 18.1 Å². The van der Waals surface area contributed by atoms with Gasteiger partial charge in [0, 0.05) is 13.6 Å². The molecule has 0 saturated carbocycles. The van der Waals surface area contributed by atoms with E-state index in [9.17, 15) is 19.5 Å². The molecule has 1 aliphatic rings. The number of amides is 2. The number of nitrogens with one attached hydrogen (secondary N) is 1. The highest BCUT2D eigenvalue weighted by Gasteiger charge is 2.35. The molecule has 1 heterocycles. The van der Waals surface area contributed by atoms with Crippen LogP contribution in [0.2, 0.25) is 0 Å². The minimum absolute atomic E-state index is 0.0658. The van der Waals surface area contributed by atoms with Crippen LogP contribution in [0.4, 0.5) is 0 Å².